The van der Waals surface area contributed by atoms with Crippen molar-refractivity contribution in [2.45, 2.75) is 0 Å². The van der Waals surface area contributed by atoms with Gasteiger partial charge in [0.25, 0.3) is 11.1 Å². The summed E-state index contributed by atoms with van der Waals surface area (Å²) in [6.07, 6.45) is 1.59. The van der Waals surface area contributed by atoms with Crippen LogP contribution in [0.5, 0.6) is 11.5 Å². The molecule has 2 aromatic carbocycles. The van der Waals surface area contributed by atoms with Crippen molar-refractivity contribution in [2.75, 3.05) is 19.8 Å². The van der Waals surface area contributed by atoms with Crippen molar-refractivity contribution < 1.29 is 19.1 Å². The number of carbonyl (C=O) groups excluding carboxylic acids is 2. The zero-order chi connectivity index (χ0) is 19.9. The molecule has 0 spiro atoms. The molecule has 142 valence electrons. The Labute approximate surface area is 171 Å². The molecule has 1 fully saturated rings. The first-order valence-corrected chi connectivity index (χ1v) is 9.51. The van der Waals surface area contributed by atoms with E-state index in [4.69, 9.17) is 26.3 Å². The minimum absolute atomic E-state index is 0.105. The van der Waals surface area contributed by atoms with Crippen LogP contribution < -0.4 is 9.47 Å². The standard InChI is InChI=1S/C20H15ClN2O4S/c21-15-6-2-4-8-17(15)27-12-10-23-19(24)18(28-20(23)25)13-14-5-1-3-7-16(14)26-11-9-22/h1-8,13H,10-12H2/b18-13-. The lowest BCUT2D eigenvalue weighted by Gasteiger charge is -2.13. The molecule has 0 atom stereocenters. The molecule has 0 saturated carbocycles. The summed E-state index contributed by atoms with van der Waals surface area (Å²) in [4.78, 5) is 26.2. The highest BCUT2D eigenvalue weighted by molar-refractivity contribution is 8.18. The number of nitriles is 1. The molecule has 2 amide bonds. The number of thioether (sulfide) groups is 1. The van der Waals surface area contributed by atoms with Crippen molar-refractivity contribution in [2.24, 2.45) is 0 Å². The third-order valence-corrected chi connectivity index (χ3v) is 5.00. The lowest BCUT2D eigenvalue weighted by Crippen LogP contribution is -2.32. The van der Waals surface area contributed by atoms with Gasteiger partial charge in [-0.3, -0.25) is 14.5 Å². The molecule has 0 aliphatic carbocycles. The second kappa shape index (κ2) is 9.31. The quantitative estimate of drug-likeness (QED) is 0.626. The largest absolute Gasteiger partial charge is 0.490 e. The normalized spacial score (nSPS) is 15.0. The van der Waals surface area contributed by atoms with Crippen LogP contribution in [0, 0.1) is 11.3 Å². The fourth-order valence-corrected chi connectivity index (χ4v) is 3.53. The number of halogens is 1. The van der Waals surface area contributed by atoms with Crippen LogP contribution in [0.2, 0.25) is 5.02 Å². The van der Waals surface area contributed by atoms with E-state index in [1.807, 2.05) is 6.07 Å². The Morgan fingerprint density at radius 2 is 1.79 bits per heavy atom. The van der Waals surface area contributed by atoms with E-state index in [1.54, 1.807) is 54.6 Å². The molecule has 8 heteroatoms. The van der Waals surface area contributed by atoms with Crippen molar-refractivity contribution in [1.82, 2.24) is 4.90 Å². The Hall–Kier alpha value is -2.95. The average molecular weight is 415 g/mol. The summed E-state index contributed by atoms with van der Waals surface area (Å²) in [5.41, 5.74) is 0.621. The molecule has 0 aromatic heterocycles. The van der Waals surface area contributed by atoms with Gasteiger partial charge in [0, 0.05) is 5.56 Å². The van der Waals surface area contributed by atoms with Gasteiger partial charge in [-0.15, -0.1) is 0 Å². The molecule has 2 aromatic rings. The van der Waals surface area contributed by atoms with Crippen LogP contribution in [0.1, 0.15) is 5.56 Å². The highest BCUT2D eigenvalue weighted by Crippen LogP contribution is 2.34. The van der Waals surface area contributed by atoms with Crippen LogP contribution in [0.3, 0.4) is 0 Å². The predicted molar refractivity (Wildman–Crippen MR) is 107 cm³/mol. The fraction of sp³-hybridized carbons (Fsp3) is 0.150. The molecule has 0 N–H and O–H groups in total. The number of ether oxygens (including phenoxy) is 2. The molecule has 3 rings (SSSR count). The summed E-state index contributed by atoms with van der Waals surface area (Å²) in [6.45, 7) is 0.141. The van der Waals surface area contributed by atoms with Crippen LogP contribution in [0.25, 0.3) is 6.08 Å². The van der Waals surface area contributed by atoms with Crippen molar-refractivity contribution in [3.63, 3.8) is 0 Å². The van der Waals surface area contributed by atoms with Gasteiger partial charge in [0.2, 0.25) is 0 Å². The minimum atomic E-state index is -0.396. The molecule has 1 aliphatic rings. The predicted octanol–water partition coefficient (Wildman–Crippen LogP) is 4.36. The van der Waals surface area contributed by atoms with E-state index >= 15 is 0 Å². The van der Waals surface area contributed by atoms with E-state index in [-0.39, 0.29) is 29.9 Å². The first-order valence-electron chi connectivity index (χ1n) is 8.31. The molecule has 0 radical (unpaired) electrons. The SMILES string of the molecule is N#CCOc1ccccc1/C=C1\SC(=O)N(CCOc2ccccc2Cl)C1=O. The Morgan fingerprint density at radius 3 is 2.54 bits per heavy atom. The molecule has 6 nitrogen and oxygen atoms in total. The van der Waals surface area contributed by atoms with Gasteiger partial charge in [0.1, 0.15) is 24.2 Å². The summed E-state index contributed by atoms with van der Waals surface area (Å²) in [5, 5.41) is 8.77. The molecule has 0 bridgehead atoms. The number of carbonyl (C=O) groups is 2. The van der Waals surface area contributed by atoms with E-state index in [9.17, 15) is 9.59 Å². The number of hydrogen-bond donors (Lipinski definition) is 0. The topological polar surface area (TPSA) is 79.6 Å². The van der Waals surface area contributed by atoms with Gasteiger partial charge in [0.05, 0.1) is 16.5 Å². The summed E-state index contributed by atoms with van der Waals surface area (Å²) < 4.78 is 10.9. The van der Waals surface area contributed by atoms with Crippen LogP contribution in [-0.4, -0.2) is 35.8 Å². The number of benzene rings is 2. The highest BCUT2D eigenvalue weighted by atomic mass is 35.5. The fourth-order valence-electron chi connectivity index (χ4n) is 2.48. The minimum Gasteiger partial charge on any atom is -0.490 e. The number of nitrogens with zero attached hydrogens (tertiary/aromatic N) is 2. The number of para-hydroxylation sites is 2. The zero-order valence-corrected chi connectivity index (χ0v) is 16.2. The van der Waals surface area contributed by atoms with Crippen LogP contribution in [0.4, 0.5) is 4.79 Å². The third kappa shape index (κ3) is 4.66. The van der Waals surface area contributed by atoms with Gasteiger partial charge >= 0.3 is 0 Å². The van der Waals surface area contributed by atoms with E-state index in [1.165, 1.54) is 0 Å². The Bertz CT molecular complexity index is 971. The Balaban J connectivity index is 1.67. The lowest BCUT2D eigenvalue weighted by atomic mass is 10.2. The summed E-state index contributed by atoms with van der Waals surface area (Å²) in [7, 11) is 0. The van der Waals surface area contributed by atoms with Crippen LogP contribution >= 0.6 is 23.4 Å². The van der Waals surface area contributed by atoms with Gasteiger partial charge in [-0.2, -0.15) is 5.26 Å². The van der Waals surface area contributed by atoms with Gasteiger partial charge < -0.3 is 9.47 Å². The van der Waals surface area contributed by atoms with Crippen molar-refractivity contribution >= 4 is 40.6 Å². The first-order chi connectivity index (χ1) is 13.6. The lowest BCUT2D eigenvalue weighted by molar-refractivity contribution is -0.123. The van der Waals surface area contributed by atoms with Crippen LogP contribution in [0.15, 0.2) is 53.4 Å². The van der Waals surface area contributed by atoms with Crippen molar-refractivity contribution in [3.8, 4) is 17.6 Å². The number of amides is 2. The van der Waals surface area contributed by atoms with Crippen molar-refractivity contribution in [3.05, 3.63) is 64.0 Å². The van der Waals surface area contributed by atoms with Gasteiger partial charge in [-0.1, -0.05) is 41.9 Å². The van der Waals surface area contributed by atoms with Crippen LogP contribution in [-0.2, 0) is 4.79 Å². The Morgan fingerprint density at radius 1 is 1.07 bits per heavy atom. The molecule has 28 heavy (non-hydrogen) atoms. The second-order valence-electron chi connectivity index (χ2n) is 5.60. The zero-order valence-electron chi connectivity index (χ0n) is 14.6. The first kappa shape index (κ1) is 19.8. The number of hydrogen-bond acceptors (Lipinski definition) is 6. The Kier molecular flexibility index (Phi) is 6.58. The average Bonchev–Trinajstić information content (AvgIpc) is 2.96. The van der Waals surface area contributed by atoms with E-state index in [0.29, 0.717) is 22.1 Å². The maximum atomic E-state index is 12.6. The smallest absolute Gasteiger partial charge is 0.293 e. The maximum absolute atomic E-state index is 12.6. The summed E-state index contributed by atoms with van der Waals surface area (Å²) >= 11 is 6.88. The number of imide groups is 1. The van der Waals surface area contributed by atoms with E-state index in [0.717, 1.165) is 16.7 Å². The molecule has 1 aliphatic heterocycles. The summed E-state index contributed by atoms with van der Waals surface area (Å²) in [5.74, 6) is 0.570. The molecule has 1 heterocycles. The number of rotatable bonds is 7. The molecular formula is C20H15ClN2O4S. The van der Waals surface area contributed by atoms with E-state index in [2.05, 4.69) is 0 Å². The highest BCUT2D eigenvalue weighted by Gasteiger charge is 2.35. The molecular weight excluding hydrogens is 400 g/mol. The summed E-state index contributed by atoms with van der Waals surface area (Å²) in [6, 6.07) is 15.9. The van der Waals surface area contributed by atoms with E-state index < -0.39 is 5.91 Å². The van der Waals surface area contributed by atoms with Gasteiger partial charge in [-0.25, -0.2) is 0 Å². The second-order valence-corrected chi connectivity index (χ2v) is 7.00. The molecule has 0 unspecified atom stereocenters. The van der Waals surface area contributed by atoms with Gasteiger partial charge in [-0.05, 0) is 36.0 Å². The van der Waals surface area contributed by atoms with Crippen molar-refractivity contribution in [1.29, 1.82) is 5.26 Å². The van der Waals surface area contributed by atoms with Gasteiger partial charge in [0.15, 0.2) is 6.61 Å². The molecule has 1 saturated heterocycles. The maximum Gasteiger partial charge on any atom is 0.293 e. The monoisotopic (exact) mass is 414 g/mol. The third-order valence-electron chi connectivity index (χ3n) is 3.78.